The van der Waals surface area contributed by atoms with Crippen LogP contribution < -0.4 is 32.7 Å². The molecule has 116 heavy (non-hydrogen) atoms. The highest BCUT2D eigenvalue weighted by molar-refractivity contribution is 7.61. The minimum Gasteiger partial charge on any atom is -0.386 e. The van der Waals surface area contributed by atoms with Crippen molar-refractivity contribution in [1.82, 2.24) is 60.3 Å². The molecule has 0 spiro atoms. The Bertz CT molecular complexity index is 4370. The second-order valence-corrected chi connectivity index (χ2v) is 38.1. The van der Waals surface area contributed by atoms with Gasteiger partial charge in [0.05, 0.1) is 39.1 Å². The molecule has 54 heteroatoms. The fraction of sp³-hybridized carbons (Fsp3) is 0.645. The van der Waals surface area contributed by atoms with E-state index in [0.717, 1.165) is 45.6 Å². The second-order valence-electron chi connectivity index (χ2n) is 29.6. The van der Waals surface area contributed by atoms with Gasteiger partial charge in [-0.05, 0) is 62.5 Å². The molecule has 3 aliphatic rings. The van der Waals surface area contributed by atoms with E-state index >= 15 is 0 Å². The number of imidazole rings is 2. The number of fused-ring (bicyclic) bond motifs is 2. The van der Waals surface area contributed by atoms with Gasteiger partial charge in [0.15, 0.2) is 35.4 Å². The lowest BCUT2D eigenvalue weighted by atomic mass is 9.80. The van der Waals surface area contributed by atoms with E-state index in [0.29, 0.717) is 51.4 Å². The van der Waals surface area contributed by atoms with Gasteiger partial charge in [0.1, 0.15) is 84.1 Å². The van der Waals surface area contributed by atoms with Crippen molar-refractivity contribution in [3.63, 3.8) is 0 Å². The third-order valence-corrected chi connectivity index (χ3v) is 25.4. The molecular weight excluding hydrogens is 1670 g/mol. The molecule has 0 bridgehead atoms. The number of benzene rings is 1. The van der Waals surface area contributed by atoms with Crippen molar-refractivity contribution in [3.8, 4) is 0 Å². The third kappa shape index (κ3) is 26.8. The zero-order valence-electron chi connectivity index (χ0n) is 63.3. The maximum Gasteiger partial charge on any atom is 0.481 e. The normalized spacial score (nSPS) is 22.5. The number of carbonyl (C=O) groups is 6. The van der Waals surface area contributed by atoms with Gasteiger partial charge in [0.25, 0.3) is 0 Å². The number of aliphatic hydroxyl groups is 4. The highest BCUT2D eigenvalue weighted by Crippen LogP contribution is 2.63. The van der Waals surface area contributed by atoms with Crippen LogP contribution in [0.2, 0.25) is 0 Å². The van der Waals surface area contributed by atoms with Crippen LogP contribution in [-0.4, -0.2) is 235 Å². The number of nitrogens with one attached hydrogen (secondary N) is 4. The average Bonchev–Trinajstić information content (AvgIpc) is 1.69. The Balaban J connectivity index is 0.662. The monoisotopic (exact) mass is 1770 g/mol. The van der Waals surface area contributed by atoms with E-state index in [9.17, 15) is 116 Å². The number of carbonyl (C=O) groups excluding carboxylic acids is 6. The van der Waals surface area contributed by atoms with Crippen LogP contribution in [0, 0.1) is 21.7 Å². The number of ketones is 2. The minimum atomic E-state index is -5.66. The standard InChI is InChI=1S/C62H96N14O34P6/c1-59(2,39(77)15-23-65-41(79)17-25-67-55(85)49(83)60(3,4)29-103-115(97,98)109-113(93,94)101-27-37-47(107-111(87,88)89)45(81)57(105-37)75-33-73-43-51(63)69-31-71-53(43)75)19-9-13-35-11-7-8-12-36(35)14-10-20-62(21-22-62)40(78)16-24-66-42(80)18-26-68-56(86)50(84)61(5,6)30-104-116(99,100)110-114(95,96)102-28-38-48(108-112(90,91)92)46(82)58(106-38)76-34-74-44-52(64)70-32-72-54(44)76/h7-8,11-12,31-34,37-38,45-50,57-58,81-84H,9-10,13-30H2,1-6H3,(H,65,79)(H,66,80)(H,67,85)(H,68,86)(H,93,94)(H,95,96)(H,97,98)(H,99,100)(H2,63,69,71)(H2,64,70,72)(H2,87,88,89)(H2,90,91,92). The summed E-state index contributed by atoms with van der Waals surface area (Å²) < 4.78 is 126. The number of phosphoric acid groups is 6. The summed E-state index contributed by atoms with van der Waals surface area (Å²) >= 11 is 0. The van der Waals surface area contributed by atoms with Gasteiger partial charge in [-0.1, -0.05) is 65.8 Å². The molecule has 2 saturated heterocycles. The number of nitrogen functional groups attached to an aromatic ring is 2. The lowest BCUT2D eigenvalue weighted by Crippen LogP contribution is -2.46. The molecule has 48 nitrogen and oxygen atoms in total. The van der Waals surface area contributed by atoms with Crippen LogP contribution in [0.1, 0.15) is 129 Å². The molecule has 648 valence electrons. The predicted octanol–water partition coefficient (Wildman–Crippen LogP) is 0.894. The van der Waals surface area contributed by atoms with E-state index < -0.39 is 180 Å². The molecule has 14 unspecified atom stereocenters. The molecule has 1 saturated carbocycles. The summed E-state index contributed by atoms with van der Waals surface area (Å²) in [7, 11) is -33.3. The van der Waals surface area contributed by atoms with Crippen molar-refractivity contribution >= 4 is 116 Å². The lowest BCUT2D eigenvalue weighted by molar-refractivity contribution is -0.137. The number of nitrogens with zero attached hydrogens (tertiary/aromatic N) is 8. The van der Waals surface area contributed by atoms with Gasteiger partial charge in [0.2, 0.25) is 23.6 Å². The van der Waals surface area contributed by atoms with Gasteiger partial charge >= 0.3 is 46.9 Å². The number of amides is 4. The zero-order valence-corrected chi connectivity index (χ0v) is 68.7. The summed E-state index contributed by atoms with van der Waals surface area (Å²) in [6.07, 6.45) is -9.46. The number of nitrogens with two attached hydrogens (primary N) is 2. The van der Waals surface area contributed by atoms with Crippen molar-refractivity contribution in [1.29, 1.82) is 0 Å². The summed E-state index contributed by atoms with van der Waals surface area (Å²) in [5.74, 6) is -3.43. The van der Waals surface area contributed by atoms with Crippen molar-refractivity contribution in [2.45, 2.75) is 180 Å². The number of aryl methyl sites for hydroxylation is 2. The highest BCUT2D eigenvalue weighted by atomic mass is 31.3. The van der Waals surface area contributed by atoms with Gasteiger partial charge in [-0.3, -0.25) is 65.0 Å². The maximum atomic E-state index is 13.5. The van der Waals surface area contributed by atoms with E-state index in [2.05, 4.69) is 68.8 Å². The van der Waals surface area contributed by atoms with E-state index in [1.807, 2.05) is 24.3 Å². The van der Waals surface area contributed by atoms with Crippen LogP contribution in [0.4, 0.5) is 11.6 Å². The Kier molecular flexibility index (Phi) is 32.0. The summed E-state index contributed by atoms with van der Waals surface area (Å²) in [4.78, 5) is 181. The first-order chi connectivity index (χ1) is 53.8. The molecule has 0 radical (unpaired) electrons. The van der Waals surface area contributed by atoms with E-state index in [1.54, 1.807) is 13.8 Å². The minimum absolute atomic E-state index is 0.000229. The van der Waals surface area contributed by atoms with Crippen LogP contribution in [0.5, 0.6) is 0 Å². The molecule has 4 aromatic heterocycles. The van der Waals surface area contributed by atoms with Crippen molar-refractivity contribution in [3.05, 3.63) is 60.7 Å². The number of rotatable bonds is 48. The van der Waals surface area contributed by atoms with Gasteiger partial charge in [-0.15, -0.1) is 0 Å². The Morgan fingerprint density at radius 3 is 1.34 bits per heavy atom. The van der Waals surface area contributed by atoms with Crippen LogP contribution in [-0.2, 0) is 114 Å². The largest absolute Gasteiger partial charge is 0.481 e. The molecule has 1 aliphatic carbocycles. The average molecular weight is 1770 g/mol. The van der Waals surface area contributed by atoms with E-state index in [-0.39, 0.29) is 97.4 Å². The van der Waals surface area contributed by atoms with Crippen molar-refractivity contribution in [2.75, 3.05) is 64.1 Å². The van der Waals surface area contributed by atoms with Gasteiger partial charge in [0, 0.05) is 73.5 Å². The summed E-state index contributed by atoms with van der Waals surface area (Å²) in [5, 5.41) is 53.7. The maximum absolute atomic E-state index is 13.5. The summed E-state index contributed by atoms with van der Waals surface area (Å²) in [6.45, 7) is 3.65. The fourth-order valence-electron chi connectivity index (χ4n) is 12.5. The van der Waals surface area contributed by atoms with Gasteiger partial charge in [-0.25, -0.2) is 57.3 Å². The topological polar surface area (TPSA) is 727 Å². The number of Topliss-reactive ketones (excluding diaryl/α,β-unsaturated/α-hetero) is 2. The number of aromatic nitrogens is 8. The second kappa shape index (κ2) is 39.0. The van der Waals surface area contributed by atoms with E-state index in [4.69, 9.17) is 39.0 Å². The molecule has 6 heterocycles. The van der Waals surface area contributed by atoms with Crippen molar-refractivity contribution < 1.29 is 161 Å². The smallest absolute Gasteiger partial charge is 0.386 e. The van der Waals surface area contributed by atoms with Crippen LogP contribution >= 0.6 is 46.9 Å². The fourth-order valence-corrected chi connectivity index (χ4v) is 18.1. The molecule has 20 N–H and O–H groups in total. The first-order valence-electron chi connectivity index (χ1n) is 35.8. The van der Waals surface area contributed by atoms with E-state index in [1.165, 1.54) is 27.7 Å². The molecule has 5 aromatic rings. The lowest BCUT2D eigenvalue weighted by Gasteiger charge is -2.30. The van der Waals surface area contributed by atoms with Crippen LogP contribution in [0.15, 0.2) is 49.6 Å². The molecule has 2 aliphatic heterocycles. The van der Waals surface area contributed by atoms with Crippen LogP contribution in [0.3, 0.4) is 0 Å². The molecular formula is C62H96N14O34P6. The predicted molar refractivity (Wildman–Crippen MR) is 396 cm³/mol. The quantitative estimate of drug-likeness (QED) is 0.0241. The summed E-state index contributed by atoms with van der Waals surface area (Å²) in [5.41, 5.74) is 9.18. The number of anilines is 2. The van der Waals surface area contributed by atoms with Gasteiger partial charge < -0.3 is 102 Å². The van der Waals surface area contributed by atoms with Crippen LogP contribution in [0.25, 0.3) is 22.3 Å². The third-order valence-electron chi connectivity index (χ3n) is 19.2. The Morgan fingerprint density at radius 1 is 0.552 bits per heavy atom. The zero-order chi connectivity index (χ0) is 86.0. The Hall–Kier alpha value is -6.36. The number of hydrogen-bond donors (Lipinski definition) is 18. The SMILES string of the molecule is CC(C)(CCCc1ccccc1CCCC1(C(=O)CCNC(=O)CCNC(=O)C(O)C(C)(C)COP(=O)(O)OP(=O)(O)OCC2OC(n3cnc4c(N)ncnc43)C(O)C2OP(=O)(O)O)CC1)C(=O)CCNC(=O)CCNC(=O)C(O)C(C)(C)COP(=O)(O)OP(=O)(O)OCC1OC(n2cnc3c(N)ncnc32)C(O)C1OP(=O)(O)O. The molecule has 14 atom stereocenters. The molecule has 1 aromatic carbocycles. The highest BCUT2D eigenvalue weighted by Gasteiger charge is 2.53. The van der Waals surface area contributed by atoms with Crippen molar-refractivity contribution in [2.24, 2.45) is 21.7 Å². The number of aliphatic hydroxyl groups excluding tert-OH is 4. The Labute approximate surface area is 661 Å². The number of hydrogen-bond acceptors (Lipinski definition) is 34. The molecule has 8 rings (SSSR count). The molecule has 4 amide bonds. The van der Waals surface area contributed by atoms with Gasteiger partial charge in [-0.2, -0.15) is 8.62 Å². The number of phosphoric ester groups is 6. The molecule has 3 fully saturated rings. The Morgan fingerprint density at radius 2 is 0.940 bits per heavy atom. The first-order valence-corrected chi connectivity index (χ1v) is 44.8. The summed E-state index contributed by atoms with van der Waals surface area (Å²) in [6, 6.07) is 7.85. The number of ether oxygens (including phenoxy) is 2. The first kappa shape index (κ1) is 95.1.